The summed E-state index contributed by atoms with van der Waals surface area (Å²) in [6.07, 6.45) is 5.30. The van der Waals surface area contributed by atoms with Crippen LogP contribution in [0, 0.1) is 23.7 Å². The van der Waals surface area contributed by atoms with Crippen LogP contribution in [0.1, 0.15) is 85.9 Å². The number of nitrogens with zero attached hydrogens (tertiary/aromatic N) is 2. The molecule has 0 spiro atoms. The van der Waals surface area contributed by atoms with Crippen LogP contribution < -0.4 is 0 Å². The molecule has 10 heteroatoms. The smallest absolute Gasteiger partial charge is 0.338 e. The minimum Gasteiger partial charge on any atom is -0.457 e. The molecule has 0 radical (unpaired) electrons. The van der Waals surface area contributed by atoms with Gasteiger partial charge < -0.3 is 9.47 Å². The fraction of sp³-hybridized carbons (Fsp3) is 0.600. The van der Waals surface area contributed by atoms with E-state index in [0.717, 1.165) is 51.4 Å². The quantitative estimate of drug-likeness (QED) is 0.356. The molecule has 5 rings (SSSR count). The van der Waals surface area contributed by atoms with Crippen LogP contribution in [-0.2, 0) is 28.7 Å². The number of rotatable bonds is 8. The van der Waals surface area contributed by atoms with E-state index < -0.39 is 24.1 Å². The topological polar surface area (TPSA) is 127 Å². The Balaban J connectivity index is 1.11. The number of carbonyl (C=O) groups excluding carboxylic acids is 6. The molecule has 4 amide bonds. The lowest BCUT2D eigenvalue weighted by Gasteiger charge is -2.21. The lowest BCUT2D eigenvalue weighted by molar-refractivity contribution is -0.142. The zero-order chi connectivity index (χ0) is 28.6. The summed E-state index contributed by atoms with van der Waals surface area (Å²) in [5, 5.41) is 0. The number of imide groups is 2. The molecule has 1 aromatic rings. The highest BCUT2D eigenvalue weighted by Gasteiger charge is 2.49. The number of hydrogen-bond acceptors (Lipinski definition) is 8. The molecule has 2 heterocycles. The monoisotopic (exact) mass is 552 g/mol. The molecule has 2 aliphatic carbocycles. The first kappa shape index (κ1) is 28.0. The third kappa shape index (κ3) is 5.40. The van der Waals surface area contributed by atoms with Gasteiger partial charge in [-0.05, 0) is 63.8 Å². The van der Waals surface area contributed by atoms with Crippen LogP contribution in [0.5, 0.6) is 0 Å². The van der Waals surface area contributed by atoms with E-state index in [0.29, 0.717) is 0 Å². The molecule has 40 heavy (non-hydrogen) atoms. The number of likely N-dealkylation sites (tertiary alicyclic amines) is 2. The van der Waals surface area contributed by atoms with Crippen molar-refractivity contribution in [3.05, 3.63) is 35.4 Å². The van der Waals surface area contributed by atoms with Gasteiger partial charge in [-0.1, -0.05) is 25.7 Å². The number of fused-ring (bicyclic) bond motifs is 2. The van der Waals surface area contributed by atoms with Crippen molar-refractivity contribution in [2.75, 3.05) is 13.1 Å². The number of ether oxygens (including phenoxy) is 2. The molecule has 10 nitrogen and oxygen atoms in total. The second kappa shape index (κ2) is 11.5. The van der Waals surface area contributed by atoms with Crippen molar-refractivity contribution in [2.24, 2.45) is 23.7 Å². The Bertz CT molecular complexity index is 1070. The molecule has 0 aromatic heterocycles. The van der Waals surface area contributed by atoms with Gasteiger partial charge in [-0.3, -0.25) is 29.0 Å². The first-order chi connectivity index (χ1) is 19.2. The fourth-order valence-corrected chi connectivity index (χ4v) is 6.65. The highest BCUT2D eigenvalue weighted by molar-refractivity contribution is 6.06. The minimum atomic E-state index is -0.689. The molecule has 0 bridgehead atoms. The average Bonchev–Trinajstić information content (AvgIpc) is 3.33. The molecule has 2 aliphatic heterocycles. The van der Waals surface area contributed by atoms with E-state index in [2.05, 4.69) is 0 Å². The number of carbonyl (C=O) groups is 6. The molecule has 0 N–H and O–H groups in total. The standard InChI is InChI=1S/C30H36N2O8/c1-17(15-31-25(33)21-7-3-4-8-22(21)26(31)34)39-29(37)19-11-13-20(14-12-19)30(38)40-18(2)16-32-27(35)23-9-5-6-10-24(23)28(32)36/h11-14,17-18,21-24H,3-10,15-16H2,1-2H3. The first-order valence-corrected chi connectivity index (χ1v) is 14.4. The lowest BCUT2D eigenvalue weighted by atomic mass is 9.81. The Morgan fingerprint density at radius 2 is 0.900 bits per heavy atom. The van der Waals surface area contributed by atoms with Crippen molar-refractivity contribution in [3.63, 3.8) is 0 Å². The molecule has 6 unspecified atom stereocenters. The summed E-state index contributed by atoms with van der Waals surface area (Å²) in [7, 11) is 0. The maximum atomic E-state index is 12.7. The van der Waals surface area contributed by atoms with Crippen molar-refractivity contribution >= 4 is 35.6 Å². The number of hydrogen-bond donors (Lipinski definition) is 0. The Morgan fingerprint density at radius 1 is 0.625 bits per heavy atom. The van der Waals surface area contributed by atoms with Gasteiger partial charge in [0, 0.05) is 0 Å². The van der Waals surface area contributed by atoms with E-state index in [-0.39, 0.29) is 71.5 Å². The normalized spacial score (nSPS) is 27.8. The van der Waals surface area contributed by atoms with E-state index in [1.54, 1.807) is 13.8 Å². The largest absolute Gasteiger partial charge is 0.457 e. The van der Waals surface area contributed by atoms with Crippen molar-refractivity contribution in [1.82, 2.24) is 9.80 Å². The molecular weight excluding hydrogens is 516 g/mol. The number of amides is 4. The van der Waals surface area contributed by atoms with Gasteiger partial charge in [-0.15, -0.1) is 0 Å². The number of esters is 2. The summed E-state index contributed by atoms with van der Waals surface area (Å²) in [5.41, 5.74) is 0.417. The van der Waals surface area contributed by atoms with Gasteiger partial charge in [-0.25, -0.2) is 9.59 Å². The number of benzene rings is 1. The van der Waals surface area contributed by atoms with Crippen molar-refractivity contribution in [3.8, 4) is 0 Å². The maximum Gasteiger partial charge on any atom is 0.338 e. The summed E-state index contributed by atoms with van der Waals surface area (Å²) >= 11 is 0. The van der Waals surface area contributed by atoms with Crippen LogP contribution in [0.4, 0.5) is 0 Å². The van der Waals surface area contributed by atoms with Crippen molar-refractivity contribution < 1.29 is 38.2 Å². The Morgan fingerprint density at radius 3 is 1.18 bits per heavy atom. The Labute approximate surface area is 233 Å². The maximum absolute atomic E-state index is 12.7. The van der Waals surface area contributed by atoms with Crippen LogP contribution >= 0.6 is 0 Å². The molecular formula is C30H36N2O8. The average molecular weight is 553 g/mol. The second-order valence-corrected chi connectivity index (χ2v) is 11.6. The molecule has 214 valence electrons. The fourth-order valence-electron chi connectivity index (χ4n) is 6.65. The lowest BCUT2D eigenvalue weighted by Crippen LogP contribution is -2.38. The molecule has 6 atom stereocenters. The van der Waals surface area contributed by atoms with Crippen molar-refractivity contribution in [1.29, 1.82) is 0 Å². The van der Waals surface area contributed by atoms with E-state index in [1.807, 2.05) is 0 Å². The predicted molar refractivity (Wildman–Crippen MR) is 141 cm³/mol. The molecule has 4 fully saturated rings. The van der Waals surface area contributed by atoms with E-state index in [9.17, 15) is 28.8 Å². The van der Waals surface area contributed by atoms with Gasteiger partial charge in [0.25, 0.3) is 0 Å². The van der Waals surface area contributed by atoms with Gasteiger partial charge in [0.2, 0.25) is 23.6 Å². The Kier molecular flexibility index (Phi) is 8.05. The minimum absolute atomic E-state index is 0.0161. The SMILES string of the molecule is CC(CN1C(=O)C2CCCCC2C1=O)OC(=O)c1ccc(C(=O)OC(C)CN2C(=O)C3CCCCC3C2=O)cc1. The summed E-state index contributed by atoms with van der Waals surface area (Å²) in [4.78, 5) is 78.6. The van der Waals surface area contributed by atoms with Crippen LogP contribution in [0.15, 0.2) is 24.3 Å². The van der Waals surface area contributed by atoms with Gasteiger partial charge in [-0.2, -0.15) is 0 Å². The van der Waals surface area contributed by atoms with Crippen LogP contribution in [0.3, 0.4) is 0 Å². The highest BCUT2D eigenvalue weighted by atomic mass is 16.5. The molecule has 2 saturated heterocycles. The first-order valence-electron chi connectivity index (χ1n) is 14.4. The second-order valence-electron chi connectivity index (χ2n) is 11.6. The van der Waals surface area contributed by atoms with E-state index >= 15 is 0 Å². The zero-order valence-corrected chi connectivity index (χ0v) is 23.0. The Hall–Kier alpha value is -3.56. The third-order valence-corrected chi connectivity index (χ3v) is 8.72. The van der Waals surface area contributed by atoms with Gasteiger partial charge in [0.05, 0.1) is 47.9 Å². The predicted octanol–water partition coefficient (Wildman–Crippen LogP) is 3.13. The van der Waals surface area contributed by atoms with E-state index in [1.165, 1.54) is 34.1 Å². The van der Waals surface area contributed by atoms with Crippen LogP contribution in [-0.4, -0.2) is 70.7 Å². The summed E-state index contributed by atoms with van der Waals surface area (Å²) < 4.78 is 11.0. The van der Waals surface area contributed by atoms with E-state index in [4.69, 9.17) is 9.47 Å². The van der Waals surface area contributed by atoms with Crippen LogP contribution in [0.25, 0.3) is 0 Å². The summed E-state index contributed by atoms with van der Waals surface area (Å²) in [5.74, 6) is -2.97. The molecule has 4 aliphatic rings. The van der Waals surface area contributed by atoms with Crippen molar-refractivity contribution in [2.45, 2.75) is 77.4 Å². The van der Waals surface area contributed by atoms with Gasteiger partial charge in [0.1, 0.15) is 12.2 Å². The van der Waals surface area contributed by atoms with Crippen LogP contribution in [0.2, 0.25) is 0 Å². The van der Waals surface area contributed by atoms with Gasteiger partial charge in [0.15, 0.2) is 0 Å². The third-order valence-electron chi connectivity index (χ3n) is 8.72. The molecule has 1 aromatic carbocycles. The highest BCUT2D eigenvalue weighted by Crippen LogP contribution is 2.39. The summed E-state index contributed by atoms with van der Waals surface area (Å²) in [6.45, 7) is 3.31. The zero-order valence-electron chi connectivity index (χ0n) is 23.0. The molecule has 2 saturated carbocycles. The van der Waals surface area contributed by atoms with Gasteiger partial charge >= 0.3 is 11.9 Å². The summed E-state index contributed by atoms with van der Waals surface area (Å²) in [6, 6.07) is 5.76.